The summed E-state index contributed by atoms with van der Waals surface area (Å²) in [7, 11) is 2.07. The van der Waals surface area contributed by atoms with E-state index in [2.05, 4.69) is 18.9 Å². The molecule has 0 rings (SSSR count). The molecule has 0 aromatic carbocycles. The lowest BCUT2D eigenvalue weighted by atomic mass is 10.0. The number of hydrogen-bond donors (Lipinski definition) is 2. The molecule has 0 aliphatic rings. The maximum Gasteiger partial charge on any atom is 0.0753 e. The van der Waals surface area contributed by atoms with E-state index in [1.807, 2.05) is 0 Å². The number of hydrogen-bond acceptors (Lipinski definition) is 3. The Morgan fingerprint density at radius 1 is 1.42 bits per heavy atom. The molecule has 3 heteroatoms. The van der Waals surface area contributed by atoms with Crippen LogP contribution in [0.15, 0.2) is 0 Å². The first-order valence-electron chi connectivity index (χ1n) is 4.63. The van der Waals surface area contributed by atoms with Crippen molar-refractivity contribution in [3.8, 4) is 0 Å². The zero-order chi connectivity index (χ0) is 9.61. The highest BCUT2D eigenvalue weighted by atomic mass is 16.3. The van der Waals surface area contributed by atoms with Gasteiger partial charge in [0.25, 0.3) is 0 Å². The van der Waals surface area contributed by atoms with Crippen molar-refractivity contribution in [1.29, 1.82) is 0 Å². The van der Waals surface area contributed by atoms with Crippen LogP contribution in [0.3, 0.4) is 0 Å². The van der Waals surface area contributed by atoms with Gasteiger partial charge in [0, 0.05) is 13.1 Å². The van der Waals surface area contributed by atoms with E-state index in [9.17, 15) is 5.11 Å². The predicted octanol–water partition coefficient (Wildman–Crippen LogP) is 0.428. The second-order valence-electron chi connectivity index (χ2n) is 3.75. The zero-order valence-electron chi connectivity index (χ0n) is 8.51. The van der Waals surface area contributed by atoms with Crippen LogP contribution in [0.2, 0.25) is 0 Å². The van der Waals surface area contributed by atoms with Crippen LogP contribution in [-0.4, -0.2) is 42.3 Å². The second kappa shape index (κ2) is 5.51. The molecule has 0 aromatic heterocycles. The Hall–Kier alpha value is -0.120. The van der Waals surface area contributed by atoms with Crippen LogP contribution in [0.25, 0.3) is 0 Å². The van der Waals surface area contributed by atoms with Crippen molar-refractivity contribution in [2.75, 3.05) is 26.7 Å². The molecule has 0 heterocycles. The van der Waals surface area contributed by atoms with Crippen LogP contribution < -0.4 is 5.73 Å². The monoisotopic (exact) mass is 174 g/mol. The van der Waals surface area contributed by atoms with Gasteiger partial charge in [0.05, 0.1) is 5.60 Å². The van der Waals surface area contributed by atoms with Crippen molar-refractivity contribution >= 4 is 0 Å². The van der Waals surface area contributed by atoms with Gasteiger partial charge < -0.3 is 15.7 Å². The van der Waals surface area contributed by atoms with Crippen LogP contribution in [0.5, 0.6) is 0 Å². The third-order valence-electron chi connectivity index (χ3n) is 2.08. The van der Waals surface area contributed by atoms with Gasteiger partial charge in [-0.25, -0.2) is 0 Å². The molecule has 74 valence electrons. The summed E-state index contributed by atoms with van der Waals surface area (Å²) in [4.78, 5) is 2.21. The van der Waals surface area contributed by atoms with Gasteiger partial charge >= 0.3 is 0 Å². The lowest BCUT2D eigenvalue weighted by Crippen LogP contribution is -2.37. The normalized spacial score (nSPS) is 16.5. The molecule has 3 N–H and O–H groups in total. The Balaban J connectivity index is 3.52. The quantitative estimate of drug-likeness (QED) is 0.614. The summed E-state index contributed by atoms with van der Waals surface area (Å²) in [5.74, 6) is 0. The average molecular weight is 174 g/mol. The summed E-state index contributed by atoms with van der Waals surface area (Å²) < 4.78 is 0. The lowest BCUT2D eigenvalue weighted by Gasteiger charge is -2.24. The Labute approximate surface area is 75.6 Å². The molecule has 0 bridgehead atoms. The van der Waals surface area contributed by atoms with Gasteiger partial charge in [-0.15, -0.1) is 0 Å². The van der Waals surface area contributed by atoms with Gasteiger partial charge in [-0.1, -0.05) is 6.92 Å². The van der Waals surface area contributed by atoms with E-state index in [4.69, 9.17) is 5.73 Å². The number of aliphatic hydroxyl groups is 1. The Bertz CT molecular complexity index is 115. The van der Waals surface area contributed by atoms with Crippen LogP contribution in [0.4, 0.5) is 0 Å². The van der Waals surface area contributed by atoms with Crippen molar-refractivity contribution in [2.45, 2.75) is 32.3 Å². The highest BCUT2D eigenvalue weighted by Crippen LogP contribution is 2.07. The van der Waals surface area contributed by atoms with E-state index >= 15 is 0 Å². The van der Waals surface area contributed by atoms with Gasteiger partial charge in [-0.3, -0.25) is 0 Å². The molecule has 0 amide bonds. The first-order valence-corrected chi connectivity index (χ1v) is 4.63. The molecular weight excluding hydrogens is 152 g/mol. The van der Waals surface area contributed by atoms with E-state index in [1.54, 1.807) is 6.92 Å². The fourth-order valence-electron chi connectivity index (χ4n) is 1.03. The van der Waals surface area contributed by atoms with Crippen LogP contribution in [0.1, 0.15) is 26.7 Å². The largest absolute Gasteiger partial charge is 0.389 e. The second-order valence-corrected chi connectivity index (χ2v) is 3.75. The van der Waals surface area contributed by atoms with Gasteiger partial charge in [0.1, 0.15) is 0 Å². The van der Waals surface area contributed by atoms with E-state index in [1.165, 1.54) is 0 Å². The van der Waals surface area contributed by atoms with Crippen LogP contribution >= 0.6 is 0 Å². The zero-order valence-corrected chi connectivity index (χ0v) is 8.51. The third-order valence-corrected chi connectivity index (χ3v) is 2.08. The van der Waals surface area contributed by atoms with Crippen LogP contribution in [0, 0.1) is 0 Å². The van der Waals surface area contributed by atoms with Crippen molar-refractivity contribution < 1.29 is 5.11 Å². The highest BCUT2D eigenvalue weighted by molar-refractivity contribution is 4.74. The molecule has 12 heavy (non-hydrogen) atoms. The summed E-state index contributed by atoms with van der Waals surface area (Å²) >= 11 is 0. The topological polar surface area (TPSA) is 49.5 Å². The average Bonchev–Trinajstić information content (AvgIpc) is 2.02. The molecule has 1 atom stereocenters. The summed E-state index contributed by atoms with van der Waals surface area (Å²) in [5.41, 5.74) is 4.71. The fourth-order valence-corrected chi connectivity index (χ4v) is 1.03. The van der Waals surface area contributed by atoms with Gasteiger partial charge in [0.15, 0.2) is 0 Å². The minimum absolute atomic E-state index is 0.340. The highest BCUT2D eigenvalue weighted by Gasteiger charge is 2.17. The molecule has 0 fully saturated rings. The minimum atomic E-state index is -0.692. The predicted molar refractivity (Wildman–Crippen MR) is 52.1 cm³/mol. The van der Waals surface area contributed by atoms with Gasteiger partial charge in [0.2, 0.25) is 0 Å². The maximum atomic E-state index is 9.59. The standard InChI is InChI=1S/C9H22N2O/c1-4-6-11(3)7-5-9(2,12)8-10/h12H,4-8,10H2,1-3H3. The Morgan fingerprint density at radius 3 is 2.42 bits per heavy atom. The molecule has 0 saturated heterocycles. The molecule has 3 nitrogen and oxygen atoms in total. The lowest BCUT2D eigenvalue weighted by molar-refractivity contribution is 0.0505. The molecule has 0 saturated carbocycles. The molecule has 0 radical (unpaired) electrons. The number of rotatable bonds is 6. The third kappa shape index (κ3) is 5.52. The number of nitrogens with two attached hydrogens (primary N) is 1. The summed E-state index contributed by atoms with van der Waals surface area (Å²) in [6.07, 6.45) is 1.90. The summed E-state index contributed by atoms with van der Waals surface area (Å²) in [6, 6.07) is 0. The number of nitrogens with zero attached hydrogens (tertiary/aromatic N) is 1. The van der Waals surface area contributed by atoms with Crippen molar-refractivity contribution in [3.63, 3.8) is 0 Å². The minimum Gasteiger partial charge on any atom is -0.389 e. The van der Waals surface area contributed by atoms with Crippen molar-refractivity contribution in [2.24, 2.45) is 5.73 Å². The molecule has 1 unspecified atom stereocenters. The fraction of sp³-hybridized carbons (Fsp3) is 1.00. The van der Waals surface area contributed by atoms with E-state index < -0.39 is 5.60 Å². The van der Waals surface area contributed by atoms with Crippen molar-refractivity contribution in [3.05, 3.63) is 0 Å². The van der Waals surface area contributed by atoms with E-state index in [0.717, 1.165) is 25.9 Å². The smallest absolute Gasteiger partial charge is 0.0753 e. The van der Waals surface area contributed by atoms with E-state index in [0.29, 0.717) is 6.54 Å². The van der Waals surface area contributed by atoms with E-state index in [-0.39, 0.29) is 0 Å². The molecule has 0 aliphatic heterocycles. The molecule has 0 spiro atoms. The first-order chi connectivity index (χ1) is 5.52. The van der Waals surface area contributed by atoms with Gasteiger partial charge in [-0.2, -0.15) is 0 Å². The summed E-state index contributed by atoms with van der Waals surface area (Å²) in [6.45, 7) is 6.27. The first kappa shape index (κ1) is 11.9. The molecule has 0 aromatic rings. The molecule has 0 aliphatic carbocycles. The Kier molecular flexibility index (Phi) is 5.46. The van der Waals surface area contributed by atoms with Gasteiger partial charge in [-0.05, 0) is 33.4 Å². The Morgan fingerprint density at radius 2 is 2.00 bits per heavy atom. The maximum absolute atomic E-state index is 9.59. The summed E-state index contributed by atoms with van der Waals surface area (Å²) in [5, 5.41) is 9.59. The molecular formula is C9H22N2O. The van der Waals surface area contributed by atoms with Crippen LogP contribution in [-0.2, 0) is 0 Å². The SMILES string of the molecule is CCCN(C)CCC(C)(O)CN. The van der Waals surface area contributed by atoms with Crippen molar-refractivity contribution in [1.82, 2.24) is 4.90 Å².